The van der Waals surface area contributed by atoms with E-state index >= 15 is 0 Å². The summed E-state index contributed by atoms with van der Waals surface area (Å²) in [5.74, 6) is 0.235. The van der Waals surface area contributed by atoms with E-state index in [-0.39, 0.29) is 30.7 Å². The fourth-order valence-electron chi connectivity index (χ4n) is 6.57. The molecule has 0 radical (unpaired) electrons. The number of para-hydroxylation sites is 1. The minimum Gasteiger partial charge on any atom is -0.356 e. The van der Waals surface area contributed by atoms with Gasteiger partial charge in [-0.15, -0.1) is 0 Å². The van der Waals surface area contributed by atoms with Crippen LogP contribution in [0.1, 0.15) is 71.0 Å². The Kier molecular flexibility index (Phi) is 5.80. The Morgan fingerprint density at radius 3 is 2.54 bits per heavy atom. The lowest BCUT2D eigenvalue weighted by atomic mass is 9.83. The van der Waals surface area contributed by atoms with Gasteiger partial charge in [-0.25, -0.2) is 0 Å². The summed E-state index contributed by atoms with van der Waals surface area (Å²) >= 11 is 0. The Morgan fingerprint density at radius 2 is 1.66 bits per heavy atom. The Morgan fingerprint density at radius 1 is 0.886 bits per heavy atom. The third kappa shape index (κ3) is 3.82. The summed E-state index contributed by atoms with van der Waals surface area (Å²) in [7, 11) is 0. The zero-order chi connectivity index (χ0) is 23.9. The first-order chi connectivity index (χ1) is 17.1. The molecule has 2 saturated heterocycles. The van der Waals surface area contributed by atoms with Crippen LogP contribution in [0.4, 0.5) is 5.69 Å². The van der Waals surface area contributed by atoms with E-state index in [0.29, 0.717) is 35.3 Å². The molecule has 3 atom stereocenters. The van der Waals surface area contributed by atoms with E-state index in [1.54, 1.807) is 15.9 Å². The molecule has 0 bridgehead atoms. The number of anilines is 1. The van der Waals surface area contributed by atoms with Crippen molar-refractivity contribution < 1.29 is 14.4 Å². The molecular formula is C28H32N4O3. The number of benzene rings is 2. The molecular weight excluding hydrogens is 440 g/mol. The van der Waals surface area contributed by atoms with Crippen LogP contribution in [0, 0.1) is 5.92 Å². The molecule has 182 valence electrons. The predicted octanol–water partition coefficient (Wildman–Crippen LogP) is 3.57. The van der Waals surface area contributed by atoms with Crippen molar-refractivity contribution in [2.24, 2.45) is 5.92 Å². The maximum Gasteiger partial charge on any atom is 0.260 e. The molecule has 0 saturated carbocycles. The molecule has 2 aromatic carbocycles. The molecule has 0 aromatic heterocycles. The van der Waals surface area contributed by atoms with Crippen molar-refractivity contribution in [2.75, 3.05) is 31.1 Å². The third-order valence-corrected chi connectivity index (χ3v) is 8.25. The average Bonchev–Trinajstić information content (AvgIpc) is 3.20. The molecule has 2 fully saturated rings. The Hall–Kier alpha value is -3.19. The molecule has 6 rings (SSSR count). The lowest BCUT2D eigenvalue weighted by Gasteiger charge is -2.44. The fraction of sp³-hybridized carbons (Fsp3) is 0.464. The van der Waals surface area contributed by atoms with Crippen LogP contribution in [-0.2, 0) is 4.79 Å². The van der Waals surface area contributed by atoms with Crippen molar-refractivity contribution >= 4 is 23.4 Å². The Labute approximate surface area is 206 Å². The van der Waals surface area contributed by atoms with Crippen LogP contribution in [0.25, 0.3) is 0 Å². The summed E-state index contributed by atoms with van der Waals surface area (Å²) < 4.78 is 0. The van der Waals surface area contributed by atoms with Gasteiger partial charge in [0.1, 0.15) is 6.17 Å². The van der Waals surface area contributed by atoms with Crippen molar-refractivity contribution in [2.45, 2.75) is 50.7 Å². The molecule has 0 aliphatic carbocycles. The monoisotopic (exact) mass is 472 g/mol. The first-order valence-corrected chi connectivity index (χ1v) is 13.0. The summed E-state index contributed by atoms with van der Waals surface area (Å²) in [6, 6.07) is 15.3. The number of rotatable bonds is 5. The topological polar surface area (TPSA) is 73.0 Å². The van der Waals surface area contributed by atoms with Crippen molar-refractivity contribution in [1.82, 2.24) is 15.1 Å². The summed E-state index contributed by atoms with van der Waals surface area (Å²) in [5.41, 5.74) is 2.58. The van der Waals surface area contributed by atoms with Crippen molar-refractivity contribution in [3.63, 3.8) is 0 Å². The zero-order valence-corrected chi connectivity index (χ0v) is 20.0. The van der Waals surface area contributed by atoms with Gasteiger partial charge >= 0.3 is 0 Å². The van der Waals surface area contributed by atoms with Crippen LogP contribution >= 0.6 is 0 Å². The second kappa shape index (κ2) is 9.11. The average molecular weight is 473 g/mol. The van der Waals surface area contributed by atoms with Gasteiger partial charge in [-0.3, -0.25) is 19.3 Å². The molecule has 7 heteroatoms. The summed E-state index contributed by atoms with van der Waals surface area (Å²) in [4.78, 5) is 45.7. The van der Waals surface area contributed by atoms with Gasteiger partial charge in [-0.2, -0.15) is 0 Å². The normalized spacial score (nSPS) is 25.5. The molecule has 7 nitrogen and oxygen atoms in total. The molecule has 0 spiro atoms. The van der Waals surface area contributed by atoms with Crippen LogP contribution < -0.4 is 10.2 Å². The van der Waals surface area contributed by atoms with Gasteiger partial charge in [0.05, 0.1) is 11.3 Å². The van der Waals surface area contributed by atoms with Crippen LogP contribution in [0.5, 0.6) is 0 Å². The highest BCUT2D eigenvalue weighted by atomic mass is 16.2. The van der Waals surface area contributed by atoms with Crippen LogP contribution in [-0.4, -0.2) is 59.7 Å². The van der Waals surface area contributed by atoms with E-state index in [9.17, 15) is 14.4 Å². The van der Waals surface area contributed by atoms with E-state index < -0.39 is 6.17 Å². The van der Waals surface area contributed by atoms with Gasteiger partial charge in [0, 0.05) is 36.7 Å². The molecule has 1 N–H and O–H groups in total. The van der Waals surface area contributed by atoms with Gasteiger partial charge < -0.3 is 15.1 Å². The number of nitrogens with zero attached hydrogens (tertiary/aromatic N) is 3. The summed E-state index contributed by atoms with van der Waals surface area (Å²) in [6.45, 7) is 3.34. The zero-order valence-electron chi connectivity index (χ0n) is 20.0. The number of carbonyl (C=O) groups is 3. The van der Waals surface area contributed by atoms with Gasteiger partial charge in [0.15, 0.2) is 0 Å². The Balaban J connectivity index is 1.17. The largest absolute Gasteiger partial charge is 0.356 e. The number of nitrogens with one attached hydrogen (secondary N) is 1. The van der Waals surface area contributed by atoms with E-state index in [1.165, 1.54) is 45.2 Å². The maximum absolute atomic E-state index is 13.5. The lowest BCUT2D eigenvalue weighted by Crippen LogP contribution is -2.51. The van der Waals surface area contributed by atoms with Gasteiger partial charge in [0.25, 0.3) is 11.8 Å². The third-order valence-electron chi connectivity index (χ3n) is 8.25. The molecule has 2 aromatic rings. The first-order valence-electron chi connectivity index (χ1n) is 13.0. The second-order valence-electron chi connectivity index (χ2n) is 10.2. The number of piperidine rings is 2. The van der Waals surface area contributed by atoms with Crippen LogP contribution in [0.3, 0.4) is 0 Å². The first kappa shape index (κ1) is 22.3. The van der Waals surface area contributed by atoms with Crippen molar-refractivity contribution in [3.8, 4) is 0 Å². The number of carbonyl (C=O) groups excluding carboxylic acids is 3. The number of hydrogen-bond acceptors (Lipinski definition) is 4. The molecule has 35 heavy (non-hydrogen) atoms. The number of hydrogen-bond donors (Lipinski definition) is 1. The van der Waals surface area contributed by atoms with Crippen LogP contribution in [0.2, 0.25) is 0 Å². The molecule has 4 aliphatic rings. The minimum absolute atomic E-state index is 0.0336. The van der Waals surface area contributed by atoms with Gasteiger partial charge in [0.2, 0.25) is 5.91 Å². The van der Waals surface area contributed by atoms with E-state index in [0.717, 1.165) is 5.56 Å². The fourth-order valence-corrected chi connectivity index (χ4v) is 6.57. The highest BCUT2D eigenvalue weighted by Gasteiger charge is 2.47. The lowest BCUT2D eigenvalue weighted by molar-refractivity contribution is -0.121. The van der Waals surface area contributed by atoms with Crippen molar-refractivity contribution in [1.29, 1.82) is 0 Å². The number of amides is 3. The summed E-state index contributed by atoms with van der Waals surface area (Å²) in [6.07, 6.45) is 5.86. The number of fused-ring (bicyclic) bond motifs is 6. The van der Waals surface area contributed by atoms with E-state index in [4.69, 9.17) is 0 Å². The van der Waals surface area contributed by atoms with Gasteiger partial charge in [-0.05, 0) is 62.9 Å². The second-order valence-corrected chi connectivity index (χ2v) is 10.2. The Bertz CT molecular complexity index is 1160. The molecule has 4 aliphatic heterocycles. The van der Waals surface area contributed by atoms with Gasteiger partial charge in [-0.1, -0.05) is 36.8 Å². The smallest absolute Gasteiger partial charge is 0.260 e. The SMILES string of the molecule is O=C(CCN1C(=O)c2ccccc2N2C(=O)c3ccccc3C12)NC[C@@H]1CCCN2CCCC[C@H]12. The predicted molar refractivity (Wildman–Crippen MR) is 133 cm³/mol. The standard InChI is InChI=1S/C28H32N4O3/c33-25(29-18-19-8-7-16-30-15-6-5-12-23(19)30)14-17-31-26-20-9-1-2-10-21(20)28(35)32(26)24-13-4-3-11-22(24)27(31)34/h1-4,9-11,13,19,23,26H,5-8,12,14-18H2,(H,29,33)/t19-,23+,26?/m0/s1. The molecule has 1 unspecified atom stereocenters. The van der Waals surface area contributed by atoms with Crippen molar-refractivity contribution in [3.05, 3.63) is 65.2 Å². The molecule has 4 heterocycles. The summed E-state index contributed by atoms with van der Waals surface area (Å²) in [5, 5.41) is 3.16. The van der Waals surface area contributed by atoms with E-state index in [1.807, 2.05) is 42.5 Å². The maximum atomic E-state index is 13.5. The van der Waals surface area contributed by atoms with Crippen LogP contribution in [0.15, 0.2) is 48.5 Å². The molecule has 3 amide bonds. The highest BCUT2D eigenvalue weighted by Crippen LogP contribution is 2.45. The minimum atomic E-state index is -0.511. The highest BCUT2D eigenvalue weighted by molar-refractivity contribution is 6.16. The quantitative estimate of drug-likeness (QED) is 0.722. The van der Waals surface area contributed by atoms with E-state index in [2.05, 4.69) is 10.2 Å².